The average molecular weight is 350 g/mol. The molecule has 0 N–H and O–H groups in total. The summed E-state index contributed by atoms with van der Waals surface area (Å²) >= 11 is 21.8. The maximum absolute atomic E-state index is 6.19. The molecule has 17 heavy (non-hydrogen) atoms. The highest BCUT2D eigenvalue weighted by Gasteiger charge is 2.10. The van der Waals surface area contributed by atoms with Gasteiger partial charge in [0.2, 0.25) is 0 Å². The summed E-state index contributed by atoms with van der Waals surface area (Å²) in [6.07, 6.45) is 0. The van der Waals surface area contributed by atoms with Crippen molar-refractivity contribution in [2.45, 2.75) is 5.33 Å². The summed E-state index contributed by atoms with van der Waals surface area (Å²) < 4.78 is 0. The minimum atomic E-state index is 0.530. The zero-order valence-electron chi connectivity index (χ0n) is 8.68. The second-order valence-electron chi connectivity index (χ2n) is 3.55. The topological polar surface area (TPSA) is 0 Å². The first kappa shape index (κ1) is 13.2. The highest BCUT2D eigenvalue weighted by molar-refractivity contribution is 9.08. The van der Waals surface area contributed by atoms with E-state index >= 15 is 0 Å². The highest BCUT2D eigenvalue weighted by atomic mass is 79.9. The van der Waals surface area contributed by atoms with Crippen LogP contribution >= 0.6 is 50.7 Å². The van der Waals surface area contributed by atoms with Crippen molar-refractivity contribution >= 4 is 50.7 Å². The monoisotopic (exact) mass is 348 g/mol. The van der Waals surface area contributed by atoms with E-state index in [1.165, 1.54) is 0 Å². The Balaban J connectivity index is 2.63. The average Bonchev–Trinajstić information content (AvgIpc) is 2.34. The Labute approximate surface area is 124 Å². The van der Waals surface area contributed by atoms with Gasteiger partial charge in [0.1, 0.15) is 0 Å². The number of rotatable bonds is 2. The van der Waals surface area contributed by atoms with E-state index in [4.69, 9.17) is 34.8 Å². The van der Waals surface area contributed by atoms with Crippen LogP contribution < -0.4 is 0 Å². The normalized spacial score (nSPS) is 10.6. The Morgan fingerprint density at radius 2 is 1.65 bits per heavy atom. The van der Waals surface area contributed by atoms with Gasteiger partial charge in [-0.2, -0.15) is 0 Å². The van der Waals surface area contributed by atoms with Crippen LogP contribution in [0, 0.1) is 0 Å². The number of benzene rings is 2. The summed E-state index contributed by atoms with van der Waals surface area (Å²) in [5.74, 6) is 0. The minimum absolute atomic E-state index is 0.530. The fraction of sp³-hybridized carbons (Fsp3) is 0.0769. The second kappa shape index (κ2) is 5.62. The predicted molar refractivity (Wildman–Crippen MR) is 79.5 cm³/mol. The van der Waals surface area contributed by atoms with Gasteiger partial charge in [-0.05, 0) is 23.8 Å². The van der Waals surface area contributed by atoms with Gasteiger partial charge in [0.05, 0.1) is 10.0 Å². The van der Waals surface area contributed by atoms with E-state index in [1.54, 1.807) is 6.07 Å². The molecule has 88 valence electrons. The van der Waals surface area contributed by atoms with E-state index in [1.807, 2.05) is 30.3 Å². The van der Waals surface area contributed by atoms with Gasteiger partial charge in [-0.25, -0.2) is 0 Å². The Hall–Kier alpha value is -0.210. The first-order valence-corrected chi connectivity index (χ1v) is 7.18. The molecule has 0 spiro atoms. The van der Waals surface area contributed by atoms with E-state index in [9.17, 15) is 0 Å². The maximum Gasteiger partial charge on any atom is 0.0671 e. The lowest BCUT2D eigenvalue weighted by atomic mass is 10.0. The van der Waals surface area contributed by atoms with Crippen molar-refractivity contribution in [3.8, 4) is 11.1 Å². The third-order valence-electron chi connectivity index (χ3n) is 2.43. The summed E-state index contributed by atoms with van der Waals surface area (Å²) in [7, 11) is 0. The van der Waals surface area contributed by atoms with Crippen molar-refractivity contribution in [3.63, 3.8) is 0 Å². The number of halogens is 4. The van der Waals surface area contributed by atoms with Crippen molar-refractivity contribution < 1.29 is 0 Å². The van der Waals surface area contributed by atoms with Gasteiger partial charge in [0.25, 0.3) is 0 Å². The summed E-state index contributed by atoms with van der Waals surface area (Å²) in [5.41, 5.74) is 2.89. The van der Waals surface area contributed by atoms with Crippen LogP contribution in [0.25, 0.3) is 11.1 Å². The van der Waals surface area contributed by atoms with Gasteiger partial charge in [0, 0.05) is 21.5 Å². The van der Waals surface area contributed by atoms with Gasteiger partial charge < -0.3 is 0 Å². The summed E-state index contributed by atoms with van der Waals surface area (Å²) in [6.45, 7) is 0. The number of alkyl halides is 1. The van der Waals surface area contributed by atoms with E-state index < -0.39 is 0 Å². The molecular weight excluding hydrogens is 342 g/mol. The third kappa shape index (κ3) is 2.79. The van der Waals surface area contributed by atoms with Gasteiger partial charge in [-0.3, -0.25) is 0 Å². The number of hydrogen-bond donors (Lipinski definition) is 0. The zero-order valence-corrected chi connectivity index (χ0v) is 12.5. The molecule has 0 aliphatic carbocycles. The zero-order chi connectivity index (χ0) is 12.4. The molecule has 0 nitrogen and oxygen atoms in total. The SMILES string of the molecule is Clc1ccc(CBr)cc1-c1cccc(Cl)c1Cl. The molecule has 2 aromatic carbocycles. The largest absolute Gasteiger partial charge is 0.0876 e. The molecule has 0 heterocycles. The summed E-state index contributed by atoms with van der Waals surface area (Å²) in [4.78, 5) is 0. The van der Waals surface area contributed by atoms with E-state index in [0.29, 0.717) is 15.1 Å². The van der Waals surface area contributed by atoms with Crippen LogP contribution in [-0.2, 0) is 5.33 Å². The summed E-state index contributed by atoms with van der Waals surface area (Å²) in [6, 6.07) is 11.4. The molecule has 4 heteroatoms. The van der Waals surface area contributed by atoms with Crippen molar-refractivity contribution in [2.24, 2.45) is 0 Å². The van der Waals surface area contributed by atoms with E-state index in [0.717, 1.165) is 22.0 Å². The van der Waals surface area contributed by atoms with E-state index in [2.05, 4.69) is 15.9 Å². The van der Waals surface area contributed by atoms with Gasteiger partial charge in [-0.1, -0.05) is 68.9 Å². The van der Waals surface area contributed by atoms with Crippen molar-refractivity contribution in [2.75, 3.05) is 0 Å². The molecule has 0 radical (unpaired) electrons. The van der Waals surface area contributed by atoms with Crippen LogP contribution in [-0.4, -0.2) is 0 Å². The smallest absolute Gasteiger partial charge is 0.0671 e. The van der Waals surface area contributed by atoms with Crippen molar-refractivity contribution in [3.05, 3.63) is 57.0 Å². The third-order valence-corrected chi connectivity index (χ3v) is 4.22. The molecule has 0 aliphatic heterocycles. The summed E-state index contributed by atoms with van der Waals surface area (Å²) in [5, 5.41) is 2.50. The first-order valence-electron chi connectivity index (χ1n) is 4.92. The first-order chi connectivity index (χ1) is 8.13. The quantitative estimate of drug-likeness (QED) is 0.565. The van der Waals surface area contributed by atoms with Crippen molar-refractivity contribution in [1.29, 1.82) is 0 Å². The highest BCUT2D eigenvalue weighted by Crippen LogP contribution is 2.37. The second-order valence-corrected chi connectivity index (χ2v) is 5.30. The Morgan fingerprint density at radius 3 is 2.35 bits per heavy atom. The lowest BCUT2D eigenvalue weighted by Crippen LogP contribution is -1.85. The lowest BCUT2D eigenvalue weighted by molar-refractivity contribution is 1.43. The van der Waals surface area contributed by atoms with Gasteiger partial charge in [-0.15, -0.1) is 0 Å². The molecule has 0 aliphatic rings. The van der Waals surface area contributed by atoms with Crippen LogP contribution in [0.15, 0.2) is 36.4 Å². The Bertz CT molecular complexity index is 552. The molecule has 0 atom stereocenters. The van der Waals surface area contributed by atoms with Gasteiger partial charge in [0.15, 0.2) is 0 Å². The van der Waals surface area contributed by atoms with Crippen LogP contribution in [0.3, 0.4) is 0 Å². The maximum atomic E-state index is 6.19. The van der Waals surface area contributed by atoms with Gasteiger partial charge >= 0.3 is 0 Å². The van der Waals surface area contributed by atoms with Crippen LogP contribution in [0.4, 0.5) is 0 Å². The molecule has 0 amide bonds. The van der Waals surface area contributed by atoms with E-state index in [-0.39, 0.29) is 0 Å². The molecule has 0 saturated heterocycles. The standard InChI is InChI=1S/C13H8BrCl3/c14-7-8-4-5-11(15)10(6-8)9-2-1-3-12(16)13(9)17/h1-6H,7H2. The fourth-order valence-corrected chi connectivity index (χ4v) is 2.54. The fourth-order valence-electron chi connectivity index (χ4n) is 1.57. The Kier molecular flexibility index (Phi) is 4.37. The molecule has 0 fully saturated rings. The van der Waals surface area contributed by atoms with Crippen LogP contribution in [0.5, 0.6) is 0 Å². The van der Waals surface area contributed by atoms with Crippen LogP contribution in [0.2, 0.25) is 15.1 Å². The molecule has 2 rings (SSSR count). The lowest BCUT2D eigenvalue weighted by Gasteiger charge is -2.09. The number of hydrogen-bond acceptors (Lipinski definition) is 0. The van der Waals surface area contributed by atoms with Crippen molar-refractivity contribution in [1.82, 2.24) is 0 Å². The minimum Gasteiger partial charge on any atom is -0.0876 e. The molecule has 0 bridgehead atoms. The molecular formula is C13H8BrCl3. The molecule has 0 saturated carbocycles. The predicted octanol–water partition coefficient (Wildman–Crippen LogP) is 6.21. The molecule has 0 unspecified atom stereocenters. The molecule has 0 aromatic heterocycles. The Morgan fingerprint density at radius 1 is 0.882 bits per heavy atom. The molecule has 2 aromatic rings. The van der Waals surface area contributed by atoms with Crippen LogP contribution in [0.1, 0.15) is 5.56 Å².